The third-order valence-electron chi connectivity index (χ3n) is 5.05. The van der Waals surface area contributed by atoms with E-state index in [4.69, 9.17) is 30.2 Å². The second-order valence-electron chi connectivity index (χ2n) is 6.87. The molecule has 4 rings (SSSR count). The Labute approximate surface area is 174 Å². The van der Waals surface area contributed by atoms with Gasteiger partial charge in [-0.15, -0.1) is 0 Å². The summed E-state index contributed by atoms with van der Waals surface area (Å²) in [5, 5.41) is 40.6. The van der Waals surface area contributed by atoms with Crippen LogP contribution in [0.15, 0.2) is 39.5 Å². The number of hydrogen-bond acceptors (Lipinski definition) is 9. The monoisotopic (exact) mass is 438 g/mol. The highest BCUT2D eigenvalue weighted by molar-refractivity contribution is 6.38. The van der Waals surface area contributed by atoms with E-state index in [1.165, 1.54) is 19.2 Å². The lowest BCUT2D eigenvalue weighted by atomic mass is 9.99. The smallest absolute Gasteiger partial charge is 0.344 e. The molecule has 0 amide bonds. The van der Waals surface area contributed by atoms with Gasteiger partial charge in [-0.2, -0.15) is 0 Å². The van der Waals surface area contributed by atoms with E-state index >= 15 is 0 Å². The zero-order chi connectivity index (χ0) is 21.6. The SMILES string of the molecule is COc1cccc2c(=O)oc3cc(O[C@@H]4O[C@H](CO)[C@@H](O)[C@H](O)[C@H]4O)cc(Cl)c3c12. The molecule has 0 radical (unpaired) electrons. The molecule has 1 fully saturated rings. The molecule has 0 spiro atoms. The molecule has 5 atom stereocenters. The maximum absolute atomic E-state index is 12.4. The van der Waals surface area contributed by atoms with E-state index in [0.29, 0.717) is 21.9 Å². The molecule has 4 N–H and O–H groups in total. The summed E-state index contributed by atoms with van der Waals surface area (Å²) >= 11 is 6.45. The Morgan fingerprint density at radius 2 is 1.87 bits per heavy atom. The third kappa shape index (κ3) is 3.39. The van der Waals surface area contributed by atoms with Gasteiger partial charge in [0.1, 0.15) is 41.5 Å². The van der Waals surface area contributed by atoms with Crippen molar-refractivity contribution in [3.63, 3.8) is 0 Å². The van der Waals surface area contributed by atoms with Crippen molar-refractivity contribution < 1.29 is 39.1 Å². The van der Waals surface area contributed by atoms with E-state index in [-0.39, 0.29) is 16.4 Å². The number of fused-ring (bicyclic) bond motifs is 3. The number of benzene rings is 2. The Hall–Kier alpha value is -2.40. The summed E-state index contributed by atoms with van der Waals surface area (Å²) in [6.07, 6.45) is -7.24. The quantitative estimate of drug-likeness (QED) is 0.344. The molecule has 0 bridgehead atoms. The first kappa shape index (κ1) is 20.9. The maximum atomic E-state index is 12.4. The van der Waals surface area contributed by atoms with Crippen LogP contribution >= 0.6 is 11.6 Å². The summed E-state index contributed by atoms with van der Waals surface area (Å²) < 4.78 is 21.7. The Kier molecular flexibility index (Phi) is 5.58. The second kappa shape index (κ2) is 8.03. The minimum absolute atomic E-state index is 0.0780. The van der Waals surface area contributed by atoms with E-state index in [2.05, 4.69) is 0 Å². The first-order valence-corrected chi connectivity index (χ1v) is 9.43. The minimum Gasteiger partial charge on any atom is -0.496 e. The molecule has 2 heterocycles. The first-order valence-electron chi connectivity index (χ1n) is 9.06. The highest BCUT2D eigenvalue weighted by atomic mass is 35.5. The van der Waals surface area contributed by atoms with Crippen LogP contribution < -0.4 is 15.1 Å². The predicted octanol–water partition coefficient (Wildman–Crippen LogP) is 0.787. The molecule has 2 aromatic carbocycles. The van der Waals surface area contributed by atoms with Gasteiger partial charge in [-0.3, -0.25) is 0 Å². The Balaban J connectivity index is 1.79. The molecule has 0 unspecified atom stereocenters. The van der Waals surface area contributed by atoms with Crippen LogP contribution in [0, 0.1) is 0 Å². The van der Waals surface area contributed by atoms with Crippen LogP contribution in [0.1, 0.15) is 0 Å². The highest BCUT2D eigenvalue weighted by Crippen LogP contribution is 2.38. The molecular formula is C20H19ClO9. The van der Waals surface area contributed by atoms with Crippen molar-refractivity contribution in [1.82, 2.24) is 0 Å². The Bertz CT molecular complexity index is 1140. The lowest BCUT2D eigenvalue weighted by molar-refractivity contribution is -0.277. The average molecular weight is 439 g/mol. The van der Waals surface area contributed by atoms with Crippen molar-refractivity contribution in [2.24, 2.45) is 0 Å². The summed E-state index contributed by atoms with van der Waals surface area (Å²) in [4.78, 5) is 12.4. The van der Waals surface area contributed by atoms with Crippen LogP contribution in [0.3, 0.4) is 0 Å². The lowest BCUT2D eigenvalue weighted by Crippen LogP contribution is -2.60. The number of ether oxygens (including phenoxy) is 3. The molecule has 1 saturated heterocycles. The lowest BCUT2D eigenvalue weighted by Gasteiger charge is -2.39. The predicted molar refractivity (Wildman–Crippen MR) is 106 cm³/mol. The molecular weight excluding hydrogens is 420 g/mol. The highest BCUT2D eigenvalue weighted by Gasteiger charge is 2.44. The standard InChI is InChI=1S/C20H19ClO9/c1-27-11-4-2-3-9-14(11)15-10(21)5-8(6-12(15)29-19(9)26)28-20-18(25)17(24)16(23)13(7-22)30-20/h2-6,13,16-18,20,22-25H,7H2,1H3/t13-,16-,17+,18-,20-/m1/s1. The summed E-state index contributed by atoms with van der Waals surface area (Å²) in [5.41, 5.74) is -0.485. The van der Waals surface area contributed by atoms with Crippen LogP contribution in [0.5, 0.6) is 11.5 Å². The molecule has 1 aliphatic rings. The van der Waals surface area contributed by atoms with Crippen LogP contribution in [-0.4, -0.2) is 64.8 Å². The van der Waals surface area contributed by atoms with Crippen molar-refractivity contribution >= 4 is 33.3 Å². The van der Waals surface area contributed by atoms with E-state index in [9.17, 15) is 25.2 Å². The minimum atomic E-state index is -1.60. The number of halogens is 1. The van der Waals surface area contributed by atoms with Crippen molar-refractivity contribution in [3.05, 3.63) is 45.8 Å². The van der Waals surface area contributed by atoms with Gasteiger partial charge in [-0.25, -0.2) is 4.79 Å². The molecule has 9 nitrogen and oxygen atoms in total. The van der Waals surface area contributed by atoms with Gasteiger partial charge < -0.3 is 39.1 Å². The largest absolute Gasteiger partial charge is 0.496 e. The van der Waals surface area contributed by atoms with Gasteiger partial charge in [0.25, 0.3) is 0 Å². The molecule has 3 aromatic rings. The fourth-order valence-electron chi connectivity index (χ4n) is 3.53. The van der Waals surface area contributed by atoms with Crippen LogP contribution in [-0.2, 0) is 4.74 Å². The second-order valence-corrected chi connectivity index (χ2v) is 7.27. The van der Waals surface area contributed by atoms with Crippen LogP contribution in [0.2, 0.25) is 5.02 Å². The van der Waals surface area contributed by atoms with Gasteiger partial charge in [0, 0.05) is 16.8 Å². The van der Waals surface area contributed by atoms with Gasteiger partial charge in [-0.1, -0.05) is 17.7 Å². The zero-order valence-corrected chi connectivity index (χ0v) is 16.4. The Morgan fingerprint density at radius 1 is 1.10 bits per heavy atom. The van der Waals surface area contributed by atoms with Gasteiger partial charge in [0.2, 0.25) is 6.29 Å². The average Bonchev–Trinajstić information content (AvgIpc) is 2.73. The number of aliphatic hydroxyl groups excluding tert-OH is 4. The molecule has 10 heteroatoms. The van der Waals surface area contributed by atoms with Gasteiger partial charge in [0.15, 0.2) is 0 Å². The van der Waals surface area contributed by atoms with Gasteiger partial charge in [-0.05, 0) is 18.2 Å². The number of methoxy groups -OCH3 is 1. The van der Waals surface area contributed by atoms with Gasteiger partial charge in [0.05, 0.1) is 24.1 Å². The zero-order valence-electron chi connectivity index (χ0n) is 15.7. The first-order chi connectivity index (χ1) is 14.3. The van der Waals surface area contributed by atoms with Crippen molar-refractivity contribution in [2.75, 3.05) is 13.7 Å². The molecule has 1 aromatic heterocycles. The molecule has 30 heavy (non-hydrogen) atoms. The van der Waals surface area contributed by atoms with E-state index < -0.39 is 42.9 Å². The maximum Gasteiger partial charge on any atom is 0.344 e. The van der Waals surface area contributed by atoms with E-state index in [1.54, 1.807) is 18.2 Å². The molecule has 160 valence electrons. The van der Waals surface area contributed by atoms with Gasteiger partial charge >= 0.3 is 5.63 Å². The number of hydrogen-bond donors (Lipinski definition) is 4. The summed E-state index contributed by atoms with van der Waals surface area (Å²) in [7, 11) is 1.47. The van der Waals surface area contributed by atoms with Crippen molar-refractivity contribution in [2.45, 2.75) is 30.7 Å². The number of rotatable bonds is 4. The van der Waals surface area contributed by atoms with Crippen LogP contribution in [0.4, 0.5) is 0 Å². The van der Waals surface area contributed by atoms with Crippen LogP contribution in [0.25, 0.3) is 21.7 Å². The fourth-order valence-corrected chi connectivity index (χ4v) is 3.83. The van der Waals surface area contributed by atoms with E-state index in [1.807, 2.05) is 0 Å². The van der Waals surface area contributed by atoms with Crippen molar-refractivity contribution in [1.29, 1.82) is 0 Å². The normalized spacial score (nSPS) is 26.8. The molecule has 0 saturated carbocycles. The van der Waals surface area contributed by atoms with E-state index in [0.717, 1.165) is 0 Å². The Morgan fingerprint density at radius 3 is 2.57 bits per heavy atom. The number of aliphatic hydroxyl groups is 4. The summed E-state index contributed by atoms with van der Waals surface area (Å²) in [6, 6.07) is 7.76. The fraction of sp³-hybridized carbons (Fsp3) is 0.350. The van der Waals surface area contributed by atoms with Crippen molar-refractivity contribution in [3.8, 4) is 11.5 Å². The molecule has 1 aliphatic heterocycles. The summed E-state index contributed by atoms with van der Waals surface area (Å²) in [6.45, 7) is -0.593. The third-order valence-corrected chi connectivity index (χ3v) is 5.35. The topological polar surface area (TPSA) is 139 Å². The summed E-state index contributed by atoms with van der Waals surface area (Å²) in [5.74, 6) is 0.518. The molecule has 0 aliphatic carbocycles.